The monoisotopic (exact) mass is 266 g/mol. The lowest BCUT2D eigenvalue weighted by Crippen LogP contribution is -2.20. The highest BCUT2D eigenvalue weighted by atomic mass is 19.2. The van der Waals surface area contributed by atoms with E-state index in [1.165, 1.54) is 0 Å². The van der Waals surface area contributed by atoms with Crippen molar-refractivity contribution in [3.05, 3.63) is 59.9 Å². The molecule has 2 rings (SSSR count). The molecule has 0 saturated heterocycles. The zero-order chi connectivity index (χ0) is 13.8. The number of urea groups is 1. The number of benzene rings is 2. The van der Waals surface area contributed by atoms with Gasteiger partial charge in [0, 0.05) is 17.8 Å². The predicted octanol–water partition coefficient (Wildman–Crippen LogP) is 3.75. The maximum absolute atomic E-state index is 13.3. The first-order valence-corrected chi connectivity index (χ1v) is 5.34. The van der Waals surface area contributed by atoms with E-state index >= 15 is 0 Å². The summed E-state index contributed by atoms with van der Waals surface area (Å²) in [4.78, 5) is 11.5. The molecule has 0 saturated carbocycles. The smallest absolute Gasteiger partial charge is 0.308 e. The van der Waals surface area contributed by atoms with E-state index in [9.17, 15) is 18.0 Å². The van der Waals surface area contributed by atoms with E-state index in [1.54, 1.807) is 30.3 Å². The molecule has 0 spiro atoms. The molecular weight excluding hydrogens is 257 g/mol. The first kappa shape index (κ1) is 12.9. The van der Waals surface area contributed by atoms with Gasteiger partial charge in [0.05, 0.1) is 5.69 Å². The molecular formula is C13H9F3N2O. The van der Waals surface area contributed by atoms with Gasteiger partial charge in [-0.1, -0.05) is 18.2 Å². The normalized spacial score (nSPS) is 10.1. The summed E-state index contributed by atoms with van der Waals surface area (Å²) in [6.07, 6.45) is 0. The second-order valence-corrected chi connectivity index (χ2v) is 3.69. The average Bonchev–Trinajstić information content (AvgIpc) is 2.37. The summed E-state index contributed by atoms with van der Waals surface area (Å²) in [5.74, 6) is -3.61. The minimum atomic E-state index is -1.31. The molecule has 2 N–H and O–H groups in total. The van der Waals surface area contributed by atoms with Gasteiger partial charge >= 0.3 is 6.03 Å². The number of rotatable bonds is 2. The van der Waals surface area contributed by atoms with Gasteiger partial charge in [-0.25, -0.2) is 18.0 Å². The van der Waals surface area contributed by atoms with Crippen LogP contribution in [0.25, 0.3) is 0 Å². The molecule has 19 heavy (non-hydrogen) atoms. The Bertz CT molecular complexity index is 602. The average molecular weight is 266 g/mol. The van der Waals surface area contributed by atoms with Crippen LogP contribution in [0.2, 0.25) is 0 Å². The van der Waals surface area contributed by atoms with E-state index in [0.717, 1.165) is 0 Å². The highest BCUT2D eigenvalue weighted by Crippen LogP contribution is 2.18. The molecule has 98 valence electrons. The molecule has 3 nitrogen and oxygen atoms in total. The van der Waals surface area contributed by atoms with E-state index in [2.05, 4.69) is 10.6 Å². The van der Waals surface area contributed by atoms with Crippen molar-refractivity contribution < 1.29 is 18.0 Å². The van der Waals surface area contributed by atoms with Gasteiger partial charge in [0.2, 0.25) is 0 Å². The van der Waals surface area contributed by atoms with Crippen LogP contribution in [-0.2, 0) is 0 Å². The Kier molecular flexibility index (Phi) is 3.70. The molecule has 2 amide bonds. The molecule has 0 aliphatic rings. The van der Waals surface area contributed by atoms with Crippen LogP contribution < -0.4 is 10.6 Å². The molecule has 2 aromatic carbocycles. The van der Waals surface area contributed by atoms with Crippen molar-refractivity contribution in [3.63, 3.8) is 0 Å². The minimum absolute atomic E-state index is 0.369. The Morgan fingerprint density at radius 1 is 0.842 bits per heavy atom. The molecule has 0 unspecified atom stereocenters. The topological polar surface area (TPSA) is 41.1 Å². The molecule has 2 aromatic rings. The molecule has 0 radical (unpaired) electrons. The van der Waals surface area contributed by atoms with E-state index in [0.29, 0.717) is 17.8 Å². The zero-order valence-corrected chi connectivity index (χ0v) is 9.58. The highest BCUT2D eigenvalue weighted by molar-refractivity contribution is 5.99. The number of carbonyl (C=O) groups is 1. The Morgan fingerprint density at radius 3 is 2.16 bits per heavy atom. The van der Waals surface area contributed by atoms with Gasteiger partial charge in [-0.05, 0) is 12.1 Å². The van der Waals surface area contributed by atoms with Crippen molar-refractivity contribution >= 4 is 17.4 Å². The number of hydrogen-bond donors (Lipinski definition) is 2. The van der Waals surface area contributed by atoms with Crippen LogP contribution in [0.1, 0.15) is 0 Å². The van der Waals surface area contributed by atoms with Gasteiger partial charge in [0.15, 0.2) is 11.6 Å². The van der Waals surface area contributed by atoms with Crippen LogP contribution in [0.3, 0.4) is 0 Å². The third-order valence-electron chi connectivity index (χ3n) is 2.29. The van der Waals surface area contributed by atoms with Crippen LogP contribution in [0.4, 0.5) is 29.3 Å². The number of para-hydroxylation sites is 1. The molecule has 0 heterocycles. The van der Waals surface area contributed by atoms with Gasteiger partial charge in [-0.3, -0.25) is 0 Å². The largest absolute Gasteiger partial charge is 0.323 e. The fraction of sp³-hybridized carbons (Fsp3) is 0. The first-order chi connectivity index (χ1) is 9.06. The van der Waals surface area contributed by atoms with Crippen molar-refractivity contribution in [3.8, 4) is 0 Å². The van der Waals surface area contributed by atoms with Gasteiger partial charge < -0.3 is 10.6 Å². The lowest BCUT2D eigenvalue weighted by atomic mass is 10.3. The standard InChI is InChI=1S/C13H9F3N2O/c14-9-6-11(16)12(7-10(9)15)18-13(19)17-8-4-2-1-3-5-8/h1-7H,(H2,17,18,19). The first-order valence-electron chi connectivity index (χ1n) is 5.34. The second kappa shape index (κ2) is 5.43. The quantitative estimate of drug-likeness (QED) is 0.798. The number of anilines is 2. The molecule has 0 aliphatic carbocycles. The van der Waals surface area contributed by atoms with Crippen LogP contribution in [0, 0.1) is 17.5 Å². The number of hydrogen-bond acceptors (Lipinski definition) is 1. The fourth-order valence-electron chi connectivity index (χ4n) is 1.42. The predicted molar refractivity (Wildman–Crippen MR) is 65.4 cm³/mol. The molecule has 0 aromatic heterocycles. The van der Waals surface area contributed by atoms with Crippen LogP contribution >= 0.6 is 0 Å². The van der Waals surface area contributed by atoms with Gasteiger partial charge in [0.1, 0.15) is 5.82 Å². The van der Waals surface area contributed by atoms with Crippen molar-refractivity contribution in [2.24, 2.45) is 0 Å². The van der Waals surface area contributed by atoms with Crippen LogP contribution in [0.15, 0.2) is 42.5 Å². The van der Waals surface area contributed by atoms with E-state index in [1.807, 2.05) is 0 Å². The van der Waals surface area contributed by atoms with Crippen LogP contribution in [-0.4, -0.2) is 6.03 Å². The molecule has 0 fully saturated rings. The Hall–Kier alpha value is -2.50. The third-order valence-corrected chi connectivity index (χ3v) is 2.29. The maximum atomic E-state index is 13.3. The molecule has 0 aliphatic heterocycles. The third kappa shape index (κ3) is 3.25. The summed E-state index contributed by atoms with van der Waals surface area (Å²) in [6.45, 7) is 0. The van der Waals surface area contributed by atoms with Gasteiger partial charge in [-0.2, -0.15) is 0 Å². The van der Waals surface area contributed by atoms with Gasteiger partial charge in [0.25, 0.3) is 0 Å². The Morgan fingerprint density at radius 2 is 1.47 bits per heavy atom. The summed E-state index contributed by atoms with van der Waals surface area (Å²) in [5.41, 5.74) is 0.0512. The summed E-state index contributed by atoms with van der Waals surface area (Å²) in [7, 11) is 0. The lowest BCUT2D eigenvalue weighted by Gasteiger charge is -2.08. The fourth-order valence-corrected chi connectivity index (χ4v) is 1.42. The van der Waals surface area contributed by atoms with E-state index in [-0.39, 0.29) is 0 Å². The summed E-state index contributed by atoms with van der Waals surface area (Å²) < 4.78 is 38.9. The summed E-state index contributed by atoms with van der Waals surface area (Å²) >= 11 is 0. The number of halogens is 3. The molecule has 6 heteroatoms. The summed E-state index contributed by atoms with van der Waals surface area (Å²) in [6, 6.07) is 8.61. The molecule has 0 bridgehead atoms. The van der Waals surface area contributed by atoms with E-state index in [4.69, 9.17) is 0 Å². The highest BCUT2D eigenvalue weighted by Gasteiger charge is 2.12. The van der Waals surface area contributed by atoms with Crippen molar-refractivity contribution in [1.82, 2.24) is 0 Å². The second-order valence-electron chi connectivity index (χ2n) is 3.69. The number of carbonyl (C=O) groups excluding carboxylic acids is 1. The lowest BCUT2D eigenvalue weighted by molar-refractivity contribution is 0.262. The van der Waals surface area contributed by atoms with Gasteiger partial charge in [-0.15, -0.1) is 0 Å². The van der Waals surface area contributed by atoms with Crippen molar-refractivity contribution in [1.29, 1.82) is 0 Å². The number of nitrogens with one attached hydrogen (secondary N) is 2. The Labute approximate surface area is 107 Å². The maximum Gasteiger partial charge on any atom is 0.323 e. The Balaban J connectivity index is 2.09. The van der Waals surface area contributed by atoms with Crippen molar-refractivity contribution in [2.75, 3.05) is 10.6 Å². The summed E-state index contributed by atoms with van der Waals surface area (Å²) in [5, 5.41) is 4.51. The van der Waals surface area contributed by atoms with Crippen LogP contribution in [0.5, 0.6) is 0 Å². The van der Waals surface area contributed by atoms with Crippen molar-refractivity contribution in [2.45, 2.75) is 0 Å². The number of amides is 2. The molecule has 0 atom stereocenters. The van der Waals surface area contributed by atoms with E-state index < -0.39 is 29.2 Å². The zero-order valence-electron chi connectivity index (χ0n) is 9.58. The SMILES string of the molecule is O=C(Nc1ccccc1)Nc1cc(F)c(F)cc1F. The minimum Gasteiger partial charge on any atom is -0.308 e.